The third-order valence-corrected chi connectivity index (χ3v) is 4.06. The zero-order valence-corrected chi connectivity index (χ0v) is 12.7. The number of carbonyl (C=O) groups is 1. The first-order valence-electron chi connectivity index (χ1n) is 6.57. The van der Waals surface area contributed by atoms with Crippen LogP contribution >= 0.6 is 11.8 Å². The molecule has 0 unspecified atom stereocenters. The molecular weight excluding hydrogens is 300 g/mol. The smallest absolute Gasteiger partial charge is 0.196 e. The van der Waals surface area contributed by atoms with Crippen molar-refractivity contribution in [3.8, 4) is 5.75 Å². The molecule has 0 saturated heterocycles. The van der Waals surface area contributed by atoms with Crippen molar-refractivity contribution in [3.05, 3.63) is 48.2 Å². The number of aromatic nitrogens is 3. The Bertz CT molecular complexity index is 831. The molecule has 0 atom stereocenters. The summed E-state index contributed by atoms with van der Waals surface area (Å²) >= 11 is 1.33. The predicted molar refractivity (Wildman–Crippen MR) is 85.4 cm³/mol. The van der Waals surface area contributed by atoms with Gasteiger partial charge in [0.1, 0.15) is 5.75 Å². The van der Waals surface area contributed by atoms with E-state index in [1.165, 1.54) is 11.8 Å². The van der Waals surface area contributed by atoms with E-state index in [2.05, 4.69) is 10.2 Å². The normalized spacial score (nSPS) is 10.8. The zero-order chi connectivity index (χ0) is 15.5. The number of carbonyl (C=O) groups excluding carboxylic acids is 1. The number of benzene rings is 1. The summed E-state index contributed by atoms with van der Waals surface area (Å²) in [7, 11) is 1.57. The van der Waals surface area contributed by atoms with Gasteiger partial charge in [-0.3, -0.25) is 9.20 Å². The van der Waals surface area contributed by atoms with Gasteiger partial charge in [-0.05, 0) is 24.3 Å². The van der Waals surface area contributed by atoms with Gasteiger partial charge < -0.3 is 10.5 Å². The van der Waals surface area contributed by atoms with Gasteiger partial charge in [0.2, 0.25) is 0 Å². The van der Waals surface area contributed by atoms with Crippen LogP contribution in [0.3, 0.4) is 0 Å². The molecule has 0 spiro atoms. The Balaban J connectivity index is 1.75. The maximum atomic E-state index is 12.3. The Morgan fingerprint density at radius 2 is 2.18 bits per heavy atom. The number of methoxy groups -OCH3 is 1. The molecule has 0 aliphatic heterocycles. The summed E-state index contributed by atoms with van der Waals surface area (Å²) in [6, 6.07) is 10.6. The van der Waals surface area contributed by atoms with Gasteiger partial charge in [-0.2, -0.15) is 0 Å². The minimum absolute atomic E-state index is 0.00422. The molecule has 2 aromatic heterocycles. The van der Waals surface area contributed by atoms with Crippen molar-refractivity contribution in [2.45, 2.75) is 5.16 Å². The number of hydrogen-bond donors (Lipinski definition) is 1. The lowest BCUT2D eigenvalue weighted by molar-refractivity contribution is 0.102. The van der Waals surface area contributed by atoms with Crippen molar-refractivity contribution in [1.29, 1.82) is 0 Å². The lowest BCUT2D eigenvalue weighted by atomic mass is 10.1. The highest BCUT2D eigenvalue weighted by Crippen LogP contribution is 2.20. The van der Waals surface area contributed by atoms with E-state index in [4.69, 9.17) is 10.5 Å². The quantitative estimate of drug-likeness (QED) is 0.575. The second-order valence-corrected chi connectivity index (χ2v) is 5.56. The predicted octanol–water partition coefficient (Wildman–Crippen LogP) is 2.30. The van der Waals surface area contributed by atoms with Gasteiger partial charge in [0.05, 0.1) is 12.9 Å². The molecule has 0 aliphatic rings. The van der Waals surface area contributed by atoms with Crippen LogP contribution in [0.15, 0.2) is 47.8 Å². The van der Waals surface area contributed by atoms with E-state index in [-0.39, 0.29) is 11.5 Å². The molecule has 6 nitrogen and oxygen atoms in total. The maximum Gasteiger partial charge on any atom is 0.196 e. The van der Waals surface area contributed by atoms with E-state index in [1.54, 1.807) is 54.1 Å². The Hall–Kier alpha value is -2.54. The van der Waals surface area contributed by atoms with Crippen LogP contribution in [-0.2, 0) is 0 Å². The molecule has 0 fully saturated rings. The minimum Gasteiger partial charge on any atom is -0.497 e. The third-order valence-electron chi connectivity index (χ3n) is 3.12. The summed E-state index contributed by atoms with van der Waals surface area (Å²) in [5, 5.41) is 8.76. The fraction of sp³-hybridized carbons (Fsp3) is 0.133. The average Bonchev–Trinajstić information content (AvgIpc) is 2.94. The average molecular weight is 314 g/mol. The Morgan fingerprint density at radius 3 is 3.00 bits per heavy atom. The molecule has 7 heteroatoms. The summed E-state index contributed by atoms with van der Waals surface area (Å²) in [4.78, 5) is 12.3. The largest absolute Gasteiger partial charge is 0.497 e. The van der Waals surface area contributed by atoms with E-state index in [1.807, 2.05) is 0 Å². The summed E-state index contributed by atoms with van der Waals surface area (Å²) < 4.78 is 6.90. The number of thioether (sulfide) groups is 1. The minimum atomic E-state index is 0.00422. The monoisotopic (exact) mass is 314 g/mol. The van der Waals surface area contributed by atoms with Crippen molar-refractivity contribution in [2.75, 3.05) is 18.6 Å². The highest BCUT2D eigenvalue weighted by Gasteiger charge is 2.11. The summed E-state index contributed by atoms with van der Waals surface area (Å²) in [5.74, 6) is 0.934. The number of ketones is 1. The van der Waals surface area contributed by atoms with E-state index in [0.29, 0.717) is 27.8 Å². The highest BCUT2D eigenvalue weighted by atomic mass is 32.2. The summed E-state index contributed by atoms with van der Waals surface area (Å²) in [6.07, 6.45) is 1.74. The first-order chi connectivity index (χ1) is 10.7. The van der Waals surface area contributed by atoms with Crippen molar-refractivity contribution in [3.63, 3.8) is 0 Å². The SMILES string of the molecule is COc1cccc(C(=O)CSc2nnc3ccc(N)cn23)c1. The van der Waals surface area contributed by atoms with Crippen LogP contribution in [0.4, 0.5) is 5.69 Å². The van der Waals surface area contributed by atoms with Gasteiger partial charge >= 0.3 is 0 Å². The van der Waals surface area contributed by atoms with Gasteiger partial charge in [-0.25, -0.2) is 0 Å². The Labute approximate surface area is 131 Å². The molecule has 3 rings (SSSR count). The third kappa shape index (κ3) is 2.89. The fourth-order valence-electron chi connectivity index (χ4n) is 1.99. The van der Waals surface area contributed by atoms with E-state index < -0.39 is 0 Å². The van der Waals surface area contributed by atoms with Gasteiger partial charge in [0.25, 0.3) is 0 Å². The molecule has 0 amide bonds. The van der Waals surface area contributed by atoms with Gasteiger partial charge in [0, 0.05) is 17.4 Å². The molecule has 0 aliphatic carbocycles. The number of Topliss-reactive ketones (excluding diaryl/α,β-unsaturated/α-hetero) is 1. The number of ether oxygens (including phenoxy) is 1. The topological polar surface area (TPSA) is 82.5 Å². The van der Waals surface area contributed by atoms with Gasteiger partial charge in [0.15, 0.2) is 16.6 Å². The molecule has 2 N–H and O–H groups in total. The number of nitrogen functional groups attached to an aromatic ring is 1. The van der Waals surface area contributed by atoms with Crippen LogP contribution in [0, 0.1) is 0 Å². The number of pyridine rings is 1. The van der Waals surface area contributed by atoms with Crippen LogP contribution in [0.2, 0.25) is 0 Å². The molecule has 0 radical (unpaired) electrons. The molecule has 0 saturated carbocycles. The van der Waals surface area contributed by atoms with Crippen LogP contribution in [0.5, 0.6) is 5.75 Å². The fourth-order valence-corrected chi connectivity index (χ4v) is 2.81. The Kier molecular flexibility index (Phi) is 3.97. The van der Waals surface area contributed by atoms with Crippen molar-refractivity contribution in [2.24, 2.45) is 0 Å². The molecule has 22 heavy (non-hydrogen) atoms. The number of rotatable bonds is 5. The maximum absolute atomic E-state index is 12.3. The zero-order valence-electron chi connectivity index (χ0n) is 11.9. The highest BCUT2D eigenvalue weighted by molar-refractivity contribution is 7.99. The van der Waals surface area contributed by atoms with Crippen LogP contribution < -0.4 is 10.5 Å². The van der Waals surface area contributed by atoms with E-state index >= 15 is 0 Å². The molecule has 112 valence electrons. The number of nitrogens with zero attached hydrogens (tertiary/aromatic N) is 3. The van der Waals surface area contributed by atoms with Gasteiger partial charge in [-0.15, -0.1) is 10.2 Å². The first-order valence-corrected chi connectivity index (χ1v) is 7.56. The lowest BCUT2D eigenvalue weighted by Gasteiger charge is -2.04. The summed E-state index contributed by atoms with van der Waals surface area (Å²) in [5.41, 5.74) is 7.69. The van der Waals surface area contributed by atoms with Crippen LogP contribution in [0.1, 0.15) is 10.4 Å². The number of fused-ring (bicyclic) bond motifs is 1. The van der Waals surface area contributed by atoms with E-state index in [0.717, 1.165) is 0 Å². The molecule has 2 heterocycles. The van der Waals surface area contributed by atoms with Crippen LogP contribution in [0.25, 0.3) is 5.65 Å². The number of hydrogen-bond acceptors (Lipinski definition) is 6. The first kappa shape index (κ1) is 14.4. The van der Waals surface area contributed by atoms with Crippen molar-refractivity contribution in [1.82, 2.24) is 14.6 Å². The second kappa shape index (κ2) is 6.07. The second-order valence-electron chi connectivity index (χ2n) is 4.62. The van der Waals surface area contributed by atoms with Gasteiger partial charge in [-0.1, -0.05) is 23.9 Å². The van der Waals surface area contributed by atoms with Crippen molar-refractivity contribution < 1.29 is 9.53 Å². The summed E-state index contributed by atoms with van der Waals surface area (Å²) in [6.45, 7) is 0. The molecule has 3 aromatic rings. The molecule has 0 bridgehead atoms. The lowest BCUT2D eigenvalue weighted by Crippen LogP contribution is -2.03. The molecular formula is C15H14N4O2S. The number of nitrogens with two attached hydrogens (primary N) is 1. The molecule has 1 aromatic carbocycles. The van der Waals surface area contributed by atoms with Crippen LogP contribution in [-0.4, -0.2) is 33.2 Å². The van der Waals surface area contributed by atoms with Crippen molar-refractivity contribution >= 4 is 28.9 Å². The Morgan fingerprint density at radius 1 is 1.32 bits per heavy atom. The van der Waals surface area contributed by atoms with E-state index in [9.17, 15) is 4.79 Å². The standard InChI is InChI=1S/C15H14N4O2S/c1-21-12-4-2-3-10(7-12)13(20)9-22-15-18-17-14-6-5-11(16)8-19(14)15/h2-8H,9,16H2,1H3. The number of anilines is 1.